The van der Waals surface area contributed by atoms with Crippen LogP contribution >= 0.6 is 11.3 Å². The van der Waals surface area contributed by atoms with Crippen molar-refractivity contribution < 1.29 is 14.3 Å². The highest BCUT2D eigenvalue weighted by Crippen LogP contribution is 2.38. The highest BCUT2D eigenvalue weighted by atomic mass is 32.1. The first-order valence-electron chi connectivity index (χ1n) is 6.39. The molecular formula is C13H18N2O3S. The van der Waals surface area contributed by atoms with Crippen molar-refractivity contribution in [3.8, 4) is 0 Å². The second kappa shape index (κ2) is 4.26. The largest absolute Gasteiger partial charge is 0.350 e. The van der Waals surface area contributed by atoms with E-state index in [1.54, 1.807) is 0 Å². The minimum atomic E-state index is -0.498. The number of aryl methyl sites for hydroxylation is 1. The van der Waals surface area contributed by atoms with Gasteiger partial charge in [0.1, 0.15) is 5.69 Å². The van der Waals surface area contributed by atoms with Crippen LogP contribution in [0.25, 0.3) is 0 Å². The molecule has 19 heavy (non-hydrogen) atoms. The topological polar surface area (TPSA) is 51.7 Å². The van der Waals surface area contributed by atoms with Crippen molar-refractivity contribution in [1.82, 2.24) is 9.88 Å². The van der Waals surface area contributed by atoms with Gasteiger partial charge in [-0.2, -0.15) is 0 Å². The zero-order valence-electron chi connectivity index (χ0n) is 11.4. The first kappa shape index (κ1) is 13.0. The lowest BCUT2D eigenvalue weighted by atomic mass is 9.80. The van der Waals surface area contributed by atoms with E-state index in [1.165, 1.54) is 11.3 Å². The third-order valence-corrected chi connectivity index (χ3v) is 4.40. The van der Waals surface area contributed by atoms with Gasteiger partial charge in [0.15, 0.2) is 5.79 Å². The number of thiazole rings is 1. The van der Waals surface area contributed by atoms with E-state index < -0.39 is 5.79 Å². The molecule has 104 valence electrons. The van der Waals surface area contributed by atoms with Crippen molar-refractivity contribution in [2.45, 2.75) is 26.6 Å². The molecule has 3 rings (SSSR count). The molecule has 0 aromatic carbocycles. The molecule has 3 heterocycles. The van der Waals surface area contributed by atoms with Crippen molar-refractivity contribution in [1.29, 1.82) is 0 Å². The number of hydrogen-bond acceptors (Lipinski definition) is 5. The van der Waals surface area contributed by atoms with Crippen molar-refractivity contribution in [3.63, 3.8) is 0 Å². The quantitative estimate of drug-likeness (QED) is 0.786. The van der Waals surface area contributed by atoms with Crippen molar-refractivity contribution in [3.05, 3.63) is 16.1 Å². The number of carbonyl (C=O) groups excluding carboxylic acids is 1. The Morgan fingerprint density at radius 1 is 1.37 bits per heavy atom. The van der Waals surface area contributed by atoms with Gasteiger partial charge < -0.3 is 14.4 Å². The summed E-state index contributed by atoms with van der Waals surface area (Å²) >= 11 is 1.50. The Morgan fingerprint density at radius 2 is 2.00 bits per heavy atom. The van der Waals surface area contributed by atoms with Crippen molar-refractivity contribution >= 4 is 17.2 Å². The van der Waals surface area contributed by atoms with E-state index in [0.717, 1.165) is 5.01 Å². The second-order valence-electron chi connectivity index (χ2n) is 5.89. The molecule has 5 nitrogen and oxygen atoms in total. The Kier molecular flexibility index (Phi) is 2.92. The Hall–Kier alpha value is -0.980. The molecular weight excluding hydrogens is 264 g/mol. The normalized spacial score (nSPS) is 24.3. The summed E-state index contributed by atoms with van der Waals surface area (Å²) in [5.41, 5.74) is 0.534. The molecule has 2 aliphatic rings. The Bertz CT molecular complexity index is 494. The number of nitrogens with zero attached hydrogens (tertiary/aromatic N) is 2. The number of ether oxygens (including phenoxy) is 2. The van der Waals surface area contributed by atoms with Crippen LogP contribution in [0.15, 0.2) is 5.38 Å². The smallest absolute Gasteiger partial charge is 0.273 e. The summed E-state index contributed by atoms with van der Waals surface area (Å²) in [6.07, 6.45) is 0. The number of carbonyl (C=O) groups is 1. The number of rotatable bonds is 1. The lowest BCUT2D eigenvalue weighted by Crippen LogP contribution is -2.65. The first-order chi connectivity index (χ1) is 8.89. The summed E-state index contributed by atoms with van der Waals surface area (Å²) in [4.78, 5) is 18.2. The maximum absolute atomic E-state index is 12.2. The summed E-state index contributed by atoms with van der Waals surface area (Å²) < 4.78 is 11.4. The fourth-order valence-corrected chi connectivity index (χ4v) is 3.04. The number of hydrogen-bond donors (Lipinski definition) is 0. The van der Waals surface area contributed by atoms with Crippen molar-refractivity contribution in [2.75, 3.05) is 26.3 Å². The zero-order chi connectivity index (χ0) is 13.7. The van der Waals surface area contributed by atoms with Gasteiger partial charge >= 0.3 is 0 Å². The fraction of sp³-hybridized carbons (Fsp3) is 0.692. The van der Waals surface area contributed by atoms with E-state index in [1.807, 2.05) is 31.1 Å². The zero-order valence-corrected chi connectivity index (χ0v) is 12.2. The standard InChI is InChI=1S/C13H18N2O3S/c1-9-14-10(4-19-9)11(16)15-5-13(6-15)7-17-12(2,3)18-8-13/h4H,5-8H2,1-3H3. The van der Waals surface area contributed by atoms with E-state index in [4.69, 9.17) is 9.47 Å². The molecule has 0 unspecified atom stereocenters. The van der Waals surface area contributed by atoms with Gasteiger partial charge in [0.2, 0.25) is 0 Å². The van der Waals surface area contributed by atoms with Crippen LogP contribution in [0, 0.1) is 12.3 Å². The van der Waals surface area contributed by atoms with Crippen LogP contribution in [0.2, 0.25) is 0 Å². The molecule has 2 fully saturated rings. The predicted octanol–water partition coefficient (Wildman–Crippen LogP) is 1.68. The van der Waals surface area contributed by atoms with E-state index in [-0.39, 0.29) is 11.3 Å². The molecule has 2 aliphatic heterocycles. The number of likely N-dealkylation sites (tertiary alicyclic amines) is 1. The lowest BCUT2D eigenvalue weighted by Gasteiger charge is -2.53. The molecule has 6 heteroatoms. The molecule has 0 atom stereocenters. The maximum Gasteiger partial charge on any atom is 0.273 e. The third-order valence-electron chi connectivity index (χ3n) is 3.63. The van der Waals surface area contributed by atoms with Gasteiger partial charge in [-0.1, -0.05) is 0 Å². The fourth-order valence-electron chi connectivity index (χ4n) is 2.45. The Morgan fingerprint density at radius 3 is 2.53 bits per heavy atom. The molecule has 0 bridgehead atoms. The molecule has 1 amide bonds. The Balaban J connectivity index is 1.60. The van der Waals surface area contributed by atoms with Crippen molar-refractivity contribution in [2.24, 2.45) is 5.41 Å². The first-order valence-corrected chi connectivity index (χ1v) is 7.27. The summed E-state index contributed by atoms with van der Waals surface area (Å²) in [7, 11) is 0. The minimum Gasteiger partial charge on any atom is -0.350 e. The van der Waals surface area contributed by atoms with Crippen LogP contribution < -0.4 is 0 Å². The Labute approximate surface area is 116 Å². The SMILES string of the molecule is Cc1nc(C(=O)N2CC3(COC(C)(C)OC3)C2)cs1. The third kappa shape index (κ3) is 2.40. The molecule has 1 spiro atoms. The average molecular weight is 282 g/mol. The monoisotopic (exact) mass is 282 g/mol. The molecule has 1 aromatic heterocycles. The summed E-state index contributed by atoms with van der Waals surface area (Å²) in [5, 5.41) is 2.74. The molecule has 2 saturated heterocycles. The maximum atomic E-state index is 12.2. The molecule has 0 saturated carbocycles. The van der Waals surface area contributed by atoms with E-state index in [2.05, 4.69) is 4.98 Å². The van der Waals surface area contributed by atoms with Crippen LogP contribution in [0.3, 0.4) is 0 Å². The van der Waals surface area contributed by atoms with Gasteiger partial charge in [-0.05, 0) is 20.8 Å². The second-order valence-corrected chi connectivity index (χ2v) is 6.95. The highest BCUT2D eigenvalue weighted by molar-refractivity contribution is 7.09. The minimum absolute atomic E-state index is 0.0137. The van der Waals surface area contributed by atoms with Gasteiger partial charge in [-0.15, -0.1) is 11.3 Å². The van der Waals surface area contributed by atoms with Crippen LogP contribution in [-0.4, -0.2) is 47.9 Å². The summed E-state index contributed by atoms with van der Waals surface area (Å²) in [6, 6.07) is 0. The van der Waals surface area contributed by atoms with Gasteiger partial charge in [0.05, 0.1) is 23.6 Å². The van der Waals surface area contributed by atoms with Crippen LogP contribution in [0.1, 0.15) is 29.3 Å². The van der Waals surface area contributed by atoms with Crippen LogP contribution in [0.5, 0.6) is 0 Å². The van der Waals surface area contributed by atoms with E-state index >= 15 is 0 Å². The van der Waals surface area contributed by atoms with Gasteiger partial charge in [0.25, 0.3) is 5.91 Å². The predicted molar refractivity (Wildman–Crippen MR) is 71.2 cm³/mol. The molecule has 0 aliphatic carbocycles. The lowest BCUT2D eigenvalue weighted by molar-refractivity contribution is -0.301. The number of amides is 1. The van der Waals surface area contributed by atoms with Crippen LogP contribution in [-0.2, 0) is 9.47 Å². The number of aromatic nitrogens is 1. The van der Waals surface area contributed by atoms with Gasteiger partial charge in [0, 0.05) is 18.5 Å². The summed E-state index contributed by atoms with van der Waals surface area (Å²) in [6.45, 7) is 8.43. The molecule has 1 aromatic rings. The van der Waals surface area contributed by atoms with E-state index in [9.17, 15) is 4.79 Å². The highest BCUT2D eigenvalue weighted by Gasteiger charge is 2.50. The van der Waals surface area contributed by atoms with E-state index in [0.29, 0.717) is 32.0 Å². The van der Waals surface area contributed by atoms with Crippen LogP contribution in [0.4, 0.5) is 0 Å². The van der Waals surface area contributed by atoms with Gasteiger partial charge in [-0.3, -0.25) is 4.79 Å². The average Bonchev–Trinajstić information content (AvgIpc) is 2.73. The molecule has 0 N–H and O–H groups in total. The summed E-state index contributed by atoms with van der Waals surface area (Å²) in [5.74, 6) is -0.485. The van der Waals surface area contributed by atoms with Gasteiger partial charge in [-0.25, -0.2) is 4.98 Å². The molecule has 0 radical (unpaired) electrons.